The number of benzene rings is 1. The van der Waals surface area contributed by atoms with Crippen molar-refractivity contribution in [2.75, 3.05) is 7.11 Å². The Hall–Kier alpha value is -2.60. The van der Waals surface area contributed by atoms with Crippen molar-refractivity contribution in [1.82, 2.24) is 10.1 Å². The molecule has 0 radical (unpaired) electrons. The van der Waals surface area contributed by atoms with Crippen LogP contribution in [0, 0.1) is 0 Å². The van der Waals surface area contributed by atoms with Gasteiger partial charge in [0.1, 0.15) is 11.5 Å². The van der Waals surface area contributed by atoms with Crippen molar-refractivity contribution >= 4 is 0 Å². The van der Waals surface area contributed by atoms with Gasteiger partial charge in [0.2, 0.25) is 5.82 Å². The number of furan rings is 1. The number of methoxy groups -OCH3 is 1. The molecule has 0 aliphatic carbocycles. The summed E-state index contributed by atoms with van der Waals surface area (Å²) in [6, 6.07) is 11.0. The molecule has 0 saturated heterocycles. The first-order chi connectivity index (χ1) is 9.81. The Morgan fingerprint density at radius 3 is 2.80 bits per heavy atom. The minimum absolute atomic E-state index is 0.311. The van der Waals surface area contributed by atoms with Crippen molar-refractivity contribution in [1.29, 1.82) is 0 Å². The van der Waals surface area contributed by atoms with E-state index in [2.05, 4.69) is 10.1 Å². The first-order valence-corrected chi connectivity index (χ1v) is 6.08. The Morgan fingerprint density at radius 1 is 1.20 bits per heavy atom. The van der Waals surface area contributed by atoms with Crippen LogP contribution >= 0.6 is 0 Å². The molecule has 2 aromatic heterocycles. The minimum atomic E-state index is 0.311. The third kappa shape index (κ3) is 2.17. The van der Waals surface area contributed by atoms with Crippen LogP contribution in [-0.4, -0.2) is 17.3 Å². The molecule has 6 nitrogen and oxygen atoms in total. The number of rotatable bonds is 4. The summed E-state index contributed by atoms with van der Waals surface area (Å²) < 4.78 is 16.0. The minimum Gasteiger partial charge on any atom is -0.496 e. The summed E-state index contributed by atoms with van der Waals surface area (Å²) in [7, 11) is 1.60. The maximum absolute atomic E-state index is 5.50. The fraction of sp³-hybridized carbons (Fsp3) is 0.143. The van der Waals surface area contributed by atoms with Crippen molar-refractivity contribution in [3.8, 4) is 28.8 Å². The summed E-state index contributed by atoms with van der Waals surface area (Å²) in [5, 5.41) is 3.95. The van der Waals surface area contributed by atoms with Gasteiger partial charge in [0.15, 0.2) is 5.76 Å². The summed E-state index contributed by atoms with van der Waals surface area (Å²) in [6.07, 6.45) is 0. The van der Waals surface area contributed by atoms with Crippen LogP contribution < -0.4 is 10.5 Å². The molecular formula is C14H13N3O3. The second-order valence-corrected chi connectivity index (χ2v) is 4.09. The Balaban J connectivity index is 1.97. The molecule has 0 saturated carbocycles. The second-order valence-electron chi connectivity index (χ2n) is 4.09. The lowest BCUT2D eigenvalue weighted by atomic mass is 10.2. The van der Waals surface area contributed by atoms with Gasteiger partial charge >= 0.3 is 0 Å². The number of aromatic nitrogens is 2. The van der Waals surface area contributed by atoms with E-state index in [0.717, 1.165) is 5.56 Å². The smallest absolute Gasteiger partial charge is 0.293 e. The van der Waals surface area contributed by atoms with E-state index in [9.17, 15) is 0 Å². The van der Waals surface area contributed by atoms with Crippen molar-refractivity contribution < 1.29 is 13.7 Å². The first kappa shape index (κ1) is 12.4. The van der Waals surface area contributed by atoms with Crippen LogP contribution in [-0.2, 0) is 6.54 Å². The Bertz CT molecular complexity index is 718. The third-order valence-corrected chi connectivity index (χ3v) is 2.85. The number of nitrogens with two attached hydrogens (primary N) is 1. The molecule has 3 rings (SSSR count). The molecule has 0 aliphatic heterocycles. The highest BCUT2D eigenvalue weighted by atomic mass is 16.5. The Labute approximate surface area is 115 Å². The van der Waals surface area contributed by atoms with Gasteiger partial charge in [-0.25, -0.2) is 0 Å². The summed E-state index contributed by atoms with van der Waals surface area (Å²) in [5.41, 5.74) is 6.26. The predicted molar refractivity (Wildman–Crippen MR) is 71.9 cm³/mol. The lowest BCUT2D eigenvalue weighted by molar-refractivity contribution is 0.407. The van der Waals surface area contributed by atoms with E-state index < -0.39 is 0 Å². The maximum Gasteiger partial charge on any atom is 0.293 e. The van der Waals surface area contributed by atoms with Crippen LogP contribution in [0.3, 0.4) is 0 Å². The largest absolute Gasteiger partial charge is 0.496 e. The van der Waals surface area contributed by atoms with Gasteiger partial charge in [0.05, 0.1) is 19.2 Å². The summed E-state index contributed by atoms with van der Waals surface area (Å²) in [5.74, 6) is 2.60. The quantitative estimate of drug-likeness (QED) is 0.784. The molecule has 0 spiro atoms. The van der Waals surface area contributed by atoms with Crippen LogP contribution in [0.25, 0.3) is 23.0 Å². The molecule has 0 atom stereocenters. The third-order valence-electron chi connectivity index (χ3n) is 2.85. The number of hydrogen-bond donors (Lipinski definition) is 1. The van der Waals surface area contributed by atoms with Gasteiger partial charge in [-0.1, -0.05) is 17.3 Å². The van der Waals surface area contributed by atoms with E-state index in [1.165, 1.54) is 0 Å². The first-order valence-electron chi connectivity index (χ1n) is 6.08. The van der Waals surface area contributed by atoms with Crippen molar-refractivity contribution in [2.45, 2.75) is 6.54 Å². The molecule has 0 bridgehead atoms. The van der Waals surface area contributed by atoms with Gasteiger partial charge in [-0.3, -0.25) is 0 Å². The molecule has 20 heavy (non-hydrogen) atoms. The molecule has 0 amide bonds. The van der Waals surface area contributed by atoms with Gasteiger partial charge < -0.3 is 19.4 Å². The van der Waals surface area contributed by atoms with Crippen LogP contribution in [0.1, 0.15) is 5.76 Å². The van der Waals surface area contributed by atoms with E-state index in [1.807, 2.05) is 24.3 Å². The highest BCUT2D eigenvalue weighted by molar-refractivity contribution is 5.64. The standard InChI is InChI=1S/C14H13N3O3/c1-18-11-5-3-2-4-10(11)13-16-14(20-17-13)12-7-6-9(8-15)19-12/h2-7H,8,15H2,1H3. The molecule has 0 fully saturated rings. The Morgan fingerprint density at radius 2 is 2.05 bits per heavy atom. The average molecular weight is 271 g/mol. The van der Waals surface area contributed by atoms with Crippen LogP contribution in [0.2, 0.25) is 0 Å². The van der Waals surface area contributed by atoms with Crippen molar-refractivity contribution in [2.24, 2.45) is 5.73 Å². The lowest BCUT2D eigenvalue weighted by Gasteiger charge is -2.02. The SMILES string of the molecule is COc1ccccc1-c1noc(-c2ccc(CN)o2)n1. The fourth-order valence-electron chi connectivity index (χ4n) is 1.86. The van der Waals surface area contributed by atoms with E-state index in [-0.39, 0.29) is 0 Å². The number of ether oxygens (including phenoxy) is 1. The van der Waals surface area contributed by atoms with Crippen LogP contribution in [0.4, 0.5) is 0 Å². The number of nitrogens with zero attached hydrogens (tertiary/aromatic N) is 2. The van der Waals surface area contributed by atoms with Gasteiger partial charge in [0, 0.05) is 0 Å². The van der Waals surface area contributed by atoms with Crippen molar-refractivity contribution in [3.63, 3.8) is 0 Å². The van der Waals surface area contributed by atoms with Crippen LogP contribution in [0.5, 0.6) is 5.75 Å². The molecule has 0 unspecified atom stereocenters. The Kier molecular flexibility index (Phi) is 3.22. The second kappa shape index (κ2) is 5.18. The van der Waals surface area contributed by atoms with Crippen molar-refractivity contribution in [3.05, 3.63) is 42.2 Å². The lowest BCUT2D eigenvalue weighted by Crippen LogP contribution is -1.92. The van der Waals surface area contributed by atoms with Gasteiger partial charge in [-0.2, -0.15) is 4.98 Å². The molecule has 2 N–H and O–H groups in total. The summed E-state index contributed by atoms with van der Waals surface area (Å²) in [4.78, 5) is 4.31. The molecule has 102 valence electrons. The molecule has 3 aromatic rings. The predicted octanol–water partition coefficient (Wildman–Crippen LogP) is 2.46. The normalized spacial score (nSPS) is 10.7. The van der Waals surface area contributed by atoms with E-state index >= 15 is 0 Å². The zero-order chi connectivity index (χ0) is 13.9. The van der Waals surface area contributed by atoms with E-state index in [0.29, 0.717) is 35.5 Å². The molecule has 0 aliphatic rings. The highest BCUT2D eigenvalue weighted by Gasteiger charge is 2.16. The van der Waals surface area contributed by atoms with Gasteiger partial charge in [0.25, 0.3) is 5.89 Å². The van der Waals surface area contributed by atoms with Crippen LogP contribution in [0.15, 0.2) is 45.3 Å². The van der Waals surface area contributed by atoms with Gasteiger partial charge in [-0.05, 0) is 24.3 Å². The van der Waals surface area contributed by atoms with E-state index in [4.69, 9.17) is 19.4 Å². The molecule has 6 heteroatoms. The molecule has 2 heterocycles. The summed E-state index contributed by atoms with van der Waals surface area (Å²) in [6.45, 7) is 0.327. The highest BCUT2D eigenvalue weighted by Crippen LogP contribution is 2.29. The average Bonchev–Trinajstić information content (AvgIpc) is 3.15. The number of para-hydroxylation sites is 1. The molecular weight excluding hydrogens is 258 g/mol. The van der Waals surface area contributed by atoms with E-state index in [1.54, 1.807) is 19.2 Å². The summed E-state index contributed by atoms with van der Waals surface area (Å²) >= 11 is 0. The zero-order valence-electron chi connectivity index (χ0n) is 10.9. The fourth-order valence-corrected chi connectivity index (χ4v) is 1.86. The van der Waals surface area contributed by atoms with Gasteiger partial charge in [-0.15, -0.1) is 0 Å². The number of hydrogen-bond acceptors (Lipinski definition) is 6. The maximum atomic E-state index is 5.50. The topological polar surface area (TPSA) is 87.3 Å². The molecule has 1 aromatic carbocycles. The zero-order valence-corrected chi connectivity index (χ0v) is 10.9. The monoisotopic (exact) mass is 271 g/mol.